The molecule has 0 fully saturated rings. The standard InChI is InChI=1S/C12H17N3/c1-5-6-9(4)12-10(7-14-15-12)11(13)8(2)3/h6-8,15H,1,13H2,2-4H3/b11-10-,12-9+. The van der Waals surface area contributed by atoms with E-state index in [2.05, 4.69) is 36.4 Å². The van der Waals surface area contributed by atoms with Gasteiger partial charge in [0.25, 0.3) is 0 Å². The fraction of sp³-hybridized carbons (Fsp3) is 0.333. The van der Waals surface area contributed by atoms with Crippen molar-refractivity contribution in [3.05, 3.63) is 35.2 Å². The molecule has 0 saturated heterocycles. The van der Waals surface area contributed by atoms with Gasteiger partial charge in [0.2, 0.25) is 0 Å². The molecule has 15 heavy (non-hydrogen) atoms. The van der Waals surface area contributed by atoms with E-state index in [4.69, 9.17) is 5.73 Å². The number of rotatable bonds is 2. The lowest BCUT2D eigenvalue weighted by molar-refractivity contribution is 0.832. The van der Waals surface area contributed by atoms with E-state index < -0.39 is 0 Å². The van der Waals surface area contributed by atoms with Crippen molar-refractivity contribution < 1.29 is 0 Å². The molecule has 1 rings (SSSR count). The molecule has 3 nitrogen and oxygen atoms in total. The summed E-state index contributed by atoms with van der Waals surface area (Å²) >= 11 is 0. The fourth-order valence-corrected chi connectivity index (χ4v) is 1.34. The van der Waals surface area contributed by atoms with Gasteiger partial charge in [-0.2, -0.15) is 5.10 Å². The first-order valence-electron chi connectivity index (χ1n) is 4.93. The van der Waals surface area contributed by atoms with E-state index in [1.54, 1.807) is 6.20 Å². The van der Waals surface area contributed by atoms with Crippen molar-refractivity contribution in [2.75, 3.05) is 0 Å². The summed E-state index contributed by atoms with van der Waals surface area (Å²) in [6, 6.07) is 0. The van der Waals surface area contributed by atoms with Crippen molar-refractivity contribution in [2.45, 2.75) is 20.8 Å². The second-order valence-corrected chi connectivity index (χ2v) is 3.80. The van der Waals surface area contributed by atoms with Gasteiger partial charge in [0.05, 0.1) is 11.5 Å². The lowest BCUT2D eigenvalue weighted by atomic mass is 10.1. The summed E-state index contributed by atoms with van der Waals surface area (Å²) in [5, 5.41) is 8.86. The Morgan fingerprint density at radius 3 is 2.87 bits per heavy atom. The fourth-order valence-electron chi connectivity index (χ4n) is 1.34. The molecule has 0 aliphatic heterocycles. The maximum Gasteiger partial charge on any atom is 0.0703 e. The van der Waals surface area contributed by atoms with Gasteiger partial charge in [0.1, 0.15) is 0 Å². The van der Waals surface area contributed by atoms with E-state index in [1.165, 1.54) is 0 Å². The summed E-state index contributed by atoms with van der Waals surface area (Å²) in [6.45, 7) is 9.64. The maximum absolute atomic E-state index is 6.01. The Morgan fingerprint density at radius 1 is 1.67 bits per heavy atom. The second-order valence-electron chi connectivity index (χ2n) is 3.80. The third-order valence-corrected chi connectivity index (χ3v) is 2.29. The number of nitrogens with one attached hydrogen (secondary N) is 1. The monoisotopic (exact) mass is 203 g/mol. The van der Waals surface area contributed by atoms with E-state index in [0.29, 0.717) is 5.92 Å². The highest BCUT2D eigenvalue weighted by molar-refractivity contribution is 5.54. The number of allylic oxidation sites excluding steroid dienone is 1. The Hall–Kier alpha value is -1.73. The van der Waals surface area contributed by atoms with Gasteiger partial charge in [-0.3, -0.25) is 5.10 Å². The van der Waals surface area contributed by atoms with Gasteiger partial charge in [-0.05, 0) is 24.5 Å². The quantitative estimate of drug-likeness (QED) is 0.693. The highest BCUT2D eigenvalue weighted by Gasteiger charge is 2.01. The second kappa shape index (κ2) is 4.67. The molecular formula is C12H17N3. The molecule has 3 N–H and O–H groups in total. The maximum atomic E-state index is 6.01. The van der Waals surface area contributed by atoms with Gasteiger partial charge in [-0.15, -0.1) is 5.73 Å². The van der Waals surface area contributed by atoms with Crippen molar-refractivity contribution >= 4 is 11.3 Å². The van der Waals surface area contributed by atoms with Crippen molar-refractivity contribution in [1.29, 1.82) is 0 Å². The average molecular weight is 203 g/mol. The summed E-state index contributed by atoms with van der Waals surface area (Å²) in [7, 11) is 0. The van der Waals surface area contributed by atoms with E-state index in [0.717, 1.165) is 21.8 Å². The van der Waals surface area contributed by atoms with Crippen LogP contribution in [0.15, 0.2) is 24.6 Å². The van der Waals surface area contributed by atoms with E-state index in [9.17, 15) is 0 Å². The topological polar surface area (TPSA) is 54.7 Å². The predicted octanol–water partition coefficient (Wildman–Crippen LogP) is 0.644. The number of H-pyrrole nitrogens is 1. The molecule has 0 atom stereocenters. The van der Waals surface area contributed by atoms with Crippen LogP contribution in [0.4, 0.5) is 0 Å². The van der Waals surface area contributed by atoms with Gasteiger partial charge < -0.3 is 5.73 Å². The highest BCUT2D eigenvalue weighted by atomic mass is 15.1. The smallest absolute Gasteiger partial charge is 0.0703 e. The number of hydrogen-bond donors (Lipinski definition) is 2. The first-order valence-corrected chi connectivity index (χ1v) is 4.93. The van der Waals surface area contributed by atoms with Gasteiger partial charge >= 0.3 is 0 Å². The van der Waals surface area contributed by atoms with Crippen LogP contribution >= 0.6 is 0 Å². The minimum Gasteiger partial charge on any atom is -0.401 e. The average Bonchev–Trinajstić information content (AvgIpc) is 2.65. The van der Waals surface area contributed by atoms with Crippen LogP contribution in [0, 0.1) is 5.92 Å². The third-order valence-electron chi connectivity index (χ3n) is 2.29. The molecule has 0 aliphatic rings. The van der Waals surface area contributed by atoms with Crippen LogP contribution in [0.2, 0.25) is 0 Å². The molecule has 0 aliphatic carbocycles. The summed E-state index contributed by atoms with van der Waals surface area (Å²) in [5.41, 5.74) is 10.6. The molecule has 0 unspecified atom stereocenters. The predicted molar refractivity (Wildman–Crippen MR) is 63.1 cm³/mol. The Kier molecular flexibility index (Phi) is 3.53. The van der Waals surface area contributed by atoms with E-state index >= 15 is 0 Å². The zero-order valence-corrected chi connectivity index (χ0v) is 9.46. The lowest BCUT2D eigenvalue weighted by Gasteiger charge is -2.02. The minimum atomic E-state index is 0.307. The molecule has 0 saturated carbocycles. The molecule has 0 radical (unpaired) electrons. The Bertz CT molecular complexity index is 499. The van der Waals surface area contributed by atoms with Crippen LogP contribution in [-0.2, 0) is 0 Å². The van der Waals surface area contributed by atoms with Crippen molar-refractivity contribution in [3.63, 3.8) is 0 Å². The van der Waals surface area contributed by atoms with Gasteiger partial charge in [-0.1, -0.05) is 20.4 Å². The van der Waals surface area contributed by atoms with Crippen LogP contribution in [0.1, 0.15) is 20.8 Å². The minimum absolute atomic E-state index is 0.307. The van der Waals surface area contributed by atoms with Crippen molar-refractivity contribution in [1.82, 2.24) is 10.2 Å². The third kappa shape index (κ3) is 2.39. The van der Waals surface area contributed by atoms with Crippen LogP contribution in [0.25, 0.3) is 11.3 Å². The van der Waals surface area contributed by atoms with Crippen LogP contribution in [0.5, 0.6) is 0 Å². The first kappa shape index (κ1) is 11.3. The molecule has 1 heterocycles. The van der Waals surface area contributed by atoms with Crippen LogP contribution in [-0.4, -0.2) is 10.2 Å². The largest absolute Gasteiger partial charge is 0.401 e. The Morgan fingerprint density at radius 2 is 2.33 bits per heavy atom. The van der Waals surface area contributed by atoms with Crippen molar-refractivity contribution in [3.8, 4) is 0 Å². The molecule has 0 aromatic carbocycles. The highest BCUT2D eigenvalue weighted by Crippen LogP contribution is 1.99. The number of nitrogens with zero attached hydrogens (tertiary/aromatic N) is 1. The zero-order valence-electron chi connectivity index (χ0n) is 9.46. The summed E-state index contributed by atoms with van der Waals surface area (Å²) < 4.78 is 0. The Labute approximate surface area is 89.7 Å². The molecule has 1 aromatic heterocycles. The number of nitrogens with two attached hydrogens (primary N) is 1. The van der Waals surface area contributed by atoms with Gasteiger partial charge in [-0.25, -0.2) is 0 Å². The van der Waals surface area contributed by atoms with E-state index in [1.807, 2.05) is 13.0 Å². The first-order chi connectivity index (χ1) is 7.07. The molecule has 80 valence electrons. The normalized spacial score (nSPS) is 14.7. The summed E-state index contributed by atoms with van der Waals surface area (Å²) in [4.78, 5) is 0. The molecular weight excluding hydrogens is 186 g/mol. The Balaban J connectivity index is 3.63. The van der Waals surface area contributed by atoms with Gasteiger partial charge in [0.15, 0.2) is 0 Å². The lowest BCUT2D eigenvalue weighted by Crippen LogP contribution is -2.31. The number of aromatic amines is 1. The van der Waals surface area contributed by atoms with Crippen LogP contribution < -0.4 is 16.3 Å². The molecule has 0 bridgehead atoms. The summed E-state index contributed by atoms with van der Waals surface area (Å²) in [5.74, 6) is 0.307. The van der Waals surface area contributed by atoms with E-state index in [-0.39, 0.29) is 0 Å². The molecule has 3 heteroatoms. The van der Waals surface area contributed by atoms with Crippen LogP contribution in [0.3, 0.4) is 0 Å². The van der Waals surface area contributed by atoms with Crippen molar-refractivity contribution in [2.24, 2.45) is 11.7 Å². The van der Waals surface area contributed by atoms with Gasteiger partial charge in [0, 0.05) is 10.9 Å². The molecule has 0 spiro atoms. The number of aromatic nitrogens is 2. The summed E-state index contributed by atoms with van der Waals surface area (Å²) in [6.07, 6.45) is 3.57. The zero-order chi connectivity index (χ0) is 11.4. The SMILES string of the molecule is C=C=C/C(C)=c1/[nH]nc/c1=C(/N)C(C)C. The molecule has 0 amide bonds. The molecule has 1 aromatic rings. The number of hydrogen-bond acceptors (Lipinski definition) is 2.